The van der Waals surface area contributed by atoms with Crippen LogP contribution in [-0.2, 0) is 29.0 Å². The summed E-state index contributed by atoms with van der Waals surface area (Å²) < 4.78 is 18.3. The maximum absolute atomic E-state index is 13.5. The van der Waals surface area contributed by atoms with Gasteiger partial charge in [0.25, 0.3) is 5.91 Å². The third-order valence-electron chi connectivity index (χ3n) is 7.15. The molecule has 0 aliphatic carbocycles. The maximum atomic E-state index is 13.5. The van der Waals surface area contributed by atoms with Gasteiger partial charge in [-0.3, -0.25) is 14.5 Å². The average molecular weight is 618 g/mol. The lowest BCUT2D eigenvalue weighted by Gasteiger charge is -2.27. The zero-order valence-corrected chi connectivity index (χ0v) is 25.5. The molecular formula is C33H32FN3O4S2. The maximum Gasteiger partial charge on any atom is 0.341 e. The van der Waals surface area contributed by atoms with Crippen LogP contribution in [0.25, 0.3) is 0 Å². The molecule has 1 unspecified atom stereocenters. The Morgan fingerprint density at radius 1 is 1.02 bits per heavy atom. The number of fused-ring (bicyclic) bond motifs is 1. The van der Waals surface area contributed by atoms with E-state index in [0.29, 0.717) is 41.2 Å². The number of carbonyl (C=O) groups is 3. The largest absolute Gasteiger partial charge is 0.465 e. The first kappa shape index (κ1) is 30.5. The highest BCUT2D eigenvalue weighted by molar-refractivity contribution is 8.00. The van der Waals surface area contributed by atoms with Gasteiger partial charge in [-0.05, 0) is 66.4 Å². The lowest BCUT2D eigenvalue weighted by Crippen LogP contribution is -2.30. The van der Waals surface area contributed by atoms with Crippen LogP contribution in [0.1, 0.15) is 50.1 Å². The van der Waals surface area contributed by atoms with Gasteiger partial charge in [-0.2, -0.15) is 0 Å². The first-order chi connectivity index (χ1) is 20.8. The van der Waals surface area contributed by atoms with Gasteiger partial charge < -0.3 is 15.4 Å². The molecule has 0 saturated heterocycles. The van der Waals surface area contributed by atoms with Crippen LogP contribution in [0.15, 0.2) is 83.8 Å². The van der Waals surface area contributed by atoms with Crippen LogP contribution in [0.4, 0.5) is 15.1 Å². The first-order valence-electron chi connectivity index (χ1n) is 14.0. The normalized spacial score (nSPS) is 13.6. The van der Waals surface area contributed by atoms with E-state index in [1.807, 2.05) is 31.2 Å². The van der Waals surface area contributed by atoms with Gasteiger partial charge in [0.15, 0.2) is 0 Å². The molecule has 0 bridgehead atoms. The molecule has 1 aromatic heterocycles. The topological polar surface area (TPSA) is 87.7 Å². The van der Waals surface area contributed by atoms with Gasteiger partial charge in [-0.1, -0.05) is 43.3 Å². The number of methoxy groups -OCH3 is 1. The fourth-order valence-electron chi connectivity index (χ4n) is 4.97. The van der Waals surface area contributed by atoms with E-state index >= 15 is 0 Å². The van der Waals surface area contributed by atoms with Crippen molar-refractivity contribution in [1.29, 1.82) is 0 Å². The number of thioether (sulfide) groups is 1. The van der Waals surface area contributed by atoms with E-state index in [2.05, 4.69) is 27.7 Å². The average Bonchev–Trinajstić information content (AvgIpc) is 3.37. The van der Waals surface area contributed by atoms with E-state index in [-0.39, 0.29) is 11.8 Å². The summed E-state index contributed by atoms with van der Waals surface area (Å²) in [5, 5.41) is 5.93. The molecule has 7 nitrogen and oxygen atoms in total. The summed E-state index contributed by atoms with van der Waals surface area (Å²) in [5.74, 6) is -1.43. The predicted octanol–water partition coefficient (Wildman–Crippen LogP) is 6.99. The Morgan fingerprint density at radius 3 is 2.51 bits per heavy atom. The van der Waals surface area contributed by atoms with Gasteiger partial charge in [0.2, 0.25) is 5.91 Å². The van der Waals surface area contributed by atoms with Crippen LogP contribution >= 0.6 is 23.1 Å². The van der Waals surface area contributed by atoms with Crippen molar-refractivity contribution < 1.29 is 23.5 Å². The molecule has 0 radical (unpaired) electrons. The van der Waals surface area contributed by atoms with E-state index in [1.165, 1.54) is 60.0 Å². The first-order valence-corrected chi connectivity index (χ1v) is 15.7. The van der Waals surface area contributed by atoms with E-state index in [9.17, 15) is 18.8 Å². The van der Waals surface area contributed by atoms with Crippen molar-refractivity contribution in [1.82, 2.24) is 4.90 Å². The Hall–Kier alpha value is -3.99. The number of carbonyl (C=O) groups excluding carboxylic acids is 3. The SMILES string of the molecule is CCC(Sc1cccc(NC(=O)c2ccc(F)cc2)c1)C(=O)Nc1sc2c(c1C(=O)OC)CCN(Cc1ccccc1)C2. The molecule has 10 heteroatoms. The Balaban J connectivity index is 1.28. The summed E-state index contributed by atoms with van der Waals surface area (Å²) in [6.45, 7) is 4.24. The van der Waals surface area contributed by atoms with Gasteiger partial charge in [0, 0.05) is 40.7 Å². The smallest absolute Gasteiger partial charge is 0.341 e. The highest BCUT2D eigenvalue weighted by Crippen LogP contribution is 2.39. The molecular weight excluding hydrogens is 586 g/mol. The quantitative estimate of drug-likeness (QED) is 0.147. The molecule has 0 saturated carbocycles. The Bertz CT molecular complexity index is 1610. The van der Waals surface area contributed by atoms with Gasteiger partial charge >= 0.3 is 5.97 Å². The standard InChI is InChI=1S/C33H32FN3O4S2/c1-3-27(42-25-11-7-10-24(18-25)35-30(38)22-12-14-23(34)15-13-22)31(39)36-32-29(33(40)41-2)26-16-17-37(20-28(26)43-32)19-21-8-5-4-6-9-21/h4-15,18,27H,3,16-17,19-20H2,1-2H3,(H,35,38)(H,36,39). The zero-order chi connectivity index (χ0) is 30.3. The number of ether oxygens (including phenoxy) is 1. The molecule has 43 heavy (non-hydrogen) atoms. The second-order valence-corrected chi connectivity index (χ2v) is 12.5. The van der Waals surface area contributed by atoms with E-state index < -0.39 is 17.0 Å². The summed E-state index contributed by atoms with van der Waals surface area (Å²) in [7, 11) is 1.36. The lowest BCUT2D eigenvalue weighted by atomic mass is 10.0. The summed E-state index contributed by atoms with van der Waals surface area (Å²) in [6.07, 6.45) is 1.24. The number of benzene rings is 3. The molecule has 1 atom stereocenters. The number of amides is 2. The van der Waals surface area contributed by atoms with Crippen molar-refractivity contribution in [3.05, 3.63) is 112 Å². The number of nitrogens with one attached hydrogen (secondary N) is 2. The zero-order valence-electron chi connectivity index (χ0n) is 23.9. The Morgan fingerprint density at radius 2 is 1.79 bits per heavy atom. The minimum Gasteiger partial charge on any atom is -0.465 e. The molecule has 1 aliphatic heterocycles. The van der Waals surface area contributed by atoms with Gasteiger partial charge in [0.1, 0.15) is 10.8 Å². The summed E-state index contributed by atoms with van der Waals surface area (Å²) in [6, 6.07) is 22.8. The fraction of sp³-hybridized carbons (Fsp3) is 0.242. The molecule has 4 aromatic rings. The van der Waals surface area contributed by atoms with Crippen LogP contribution in [0.2, 0.25) is 0 Å². The molecule has 222 valence electrons. The number of hydrogen-bond donors (Lipinski definition) is 2. The second kappa shape index (κ2) is 14.0. The fourth-order valence-corrected chi connectivity index (χ4v) is 7.26. The van der Waals surface area contributed by atoms with Gasteiger partial charge in [-0.25, -0.2) is 9.18 Å². The molecule has 1 aliphatic rings. The molecule has 2 heterocycles. The van der Waals surface area contributed by atoms with Gasteiger partial charge in [-0.15, -0.1) is 23.1 Å². The highest BCUT2D eigenvalue weighted by atomic mass is 32.2. The van der Waals surface area contributed by atoms with Crippen molar-refractivity contribution in [3.63, 3.8) is 0 Å². The van der Waals surface area contributed by atoms with Crippen LogP contribution < -0.4 is 10.6 Å². The van der Waals surface area contributed by atoms with Crippen LogP contribution in [0, 0.1) is 5.82 Å². The van der Waals surface area contributed by atoms with E-state index in [1.54, 1.807) is 18.2 Å². The van der Waals surface area contributed by atoms with Gasteiger partial charge in [0.05, 0.1) is 17.9 Å². The number of nitrogens with zero attached hydrogens (tertiary/aromatic N) is 1. The molecule has 3 aromatic carbocycles. The molecule has 2 amide bonds. The minimum absolute atomic E-state index is 0.210. The lowest BCUT2D eigenvalue weighted by molar-refractivity contribution is -0.115. The Labute approximate surface area is 258 Å². The summed E-state index contributed by atoms with van der Waals surface area (Å²) in [5.41, 5.74) is 3.52. The minimum atomic E-state index is -0.449. The van der Waals surface area contributed by atoms with Crippen LogP contribution in [-0.4, -0.2) is 41.6 Å². The Kier molecular flexibility index (Phi) is 9.91. The van der Waals surface area contributed by atoms with Crippen LogP contribution in [0.3, 0.4) is 0 Å². The van der Waals surface area contributed by atoms with E-state index in [0.717, 1.165) is 28.4 Å². The summed E-state index contributed by atoms with van der Waals surface area (Å²) >= 11 is 2.81. The van der Waals surface area contributed by atoms with Crippen molar-refractivity contribution in [3.8, 4) is 0 Å². The monoisotopic (exact) mass is 617 g/mol. The molecule has 2 N–H and O–H groups in total. The number of rotatable bonds is 10. The highest BCUT2D eigenvalue weighted by Gasteiger charge is 2.30. The third kappa shape index (κ3) is 7.51. The third-order valence-corrected chi connectivity index (χ3v) is 9.64. The van der Waals surface area contributed by atoms with Crippen molar-refractivity contribution in [2.24, 2.45) is 0 Å². The number of thiophene rings is 1. The van der Waals surface area contributed by atoms with Crippen molar-refractivity contribution in [2.75, 3.05) is 24.3 Å². The molecule has 0 fully saturated rings. The number of anilines is 2. The number of hydrogen-bond acceptors (Lipinski definition) is 7. The van der Waals surface area contributed by atoms with E-state index in [4.69, 9.17) is 4.74 Å². The number of halogens is 1. The molecule has 0 spiro atoms. The van der Waals surface area contributed by atoms with Crippen LogP contribution in [0.5, 0.6) is 0 Å². The second-order valence-electron chi connectivity index (χ2n) is 10.1. The number of esters is 1. The molecule has 5 rings (SSSR count). The predicted molar refractivity (Wildman–Crippen MR) is 169 cm³/mol. The summed E-state index contributed by atoms with van der Waals surface area (Å²) in [4.78, 5) is 43.2. The van der Waals surface area contributed by atoms with Crippen molar-refractivity contribution >= 4 is 51.6 Å². The van der Waals surface area contributed by atoms with Crippen molar-refractivity contribution in [2.45, 2.75) is 43.0 Å².